The second-order valence-electron chi connectivity index (χ2n) is 6.63. The number of likely N-dealkylation sites (tertiary alicyclic amines) is 1. The summed E-state index contributed by atoms with van der Waals surface area (Å²) in [6.45, 7) is 3.61. The van der Waals surface area contributed by atoms with Crippen molar-refractivity contribution in [3.8, 4) is 0 Å². The minimum Gasteiger partial charge on any atom is -0.453 e. The fourth-order valence-electron chi connectivity index (χ4n) is 3.07. The van der Waals surface area contributed by atoms with E-state index in [1.807, 2.05) is 12.1 Å². The van der Waals surface area contributed by atoms with Crippen molar-refractivity contribution >= 4 is 15.9 Å². The van der Waals surface area contributed by atoms with Gasteiger partial charge in [-0.1, -0.05) is 5.16 Å². The summed E-state index contributed by atoms with van der Waals surface area (Å²) in [4.78, 5) is 6.84. The summed E-state index contributed by atoms with van der Waals surface area (Å²) < 4.78 is 17.6. The Kier molecular flexibility index (Phi) is 5.01. The maximum atomic E-state index is 6.00. The van der Waals surface area contributed by atoms with Crippen molar-refractivity contribution < 1.29 is 13.7 Å². The molecule has 2 aliphatic rings. The van der Waals surface area contributed by atoms with Crippen molar-refractivity contribution in [2.24, 2.45) is 0 Å². The van der Waals surface area contributed by atoms with E-state index in [4.69, 9.17) is 13.7 Å². The maximum Gasteiger partial charge on any atom is 0.229 e. The third-order valence-electron chi connectivity index (χ3n) is 4.63. The smallest absolute Gasteiger partial charge is 0.229 e. The Labute approximate surface area is 149 Å². The van der Waals surface area contributed by atoms with Crippen molar-refractivity contribution in [3.05, 3.63) is 34.3 Å². The molecular formula is C17H22BrN3O3. The van der Waals surface area contributed by atoms with Gasteiger partial charge in [0.05, 0.1) is 19.3 Å². The summed E-state index contributed by atoms with van der Waals surface area (Å²) in [5, 5.41) is 4.03. The van der Waals surface area contributed by atoms with Crippen LogP contribution < -0.4 is 0 Å². The number of rotatable bonds is 7. The van der Waals surface area contributed by atoms with Gasteiger partial charge in [-0.3, -0.25) is 4.90 Å². The van der Waals surface area contributed by atoms with Crippen molar-refractivity contribution in [2.75, 3.05) is 19.7 Å². The number of aromatic nitrogens is 2. The monoisotopic (exact) mass is 395 g/mol. The molecular weight excluding hydrogens is 374 g/mol. The van der Waals surface area contributed by atoms with Crippen LogP contribution >= 0.6 is 15.9 Å². The highest BCUT2D eigenvalue weighted by Crippen LogP contribution is 2.38. The molecule has 2 aromatic heterocycles. The van der Waals surface area contributed by atoms with Gasteiger partial charge in [0.25, 0.3) is 0 Å². The molecule has 1 saturated heterocycles. The summed E-state index contributed by atoms with van der Waals surface area (Å²) in [6.07, 6.45) is 5.55. The molecule has 0 unspecified atom stereocenters. The Morgan fingerprint density at radius 2 is 2.04 bits per heavy atom. The Bertz CT molecular complexity index is 660. The SMILES string of the molecule is Brc1ccc(CN2CCC(OCCc3noc(C4CC4)n3)CC2)o1. The Morgan fingerprint density at radius 1 is 1.21 bits per heavy atom. The minimum atomic E-state index is 0.333. The minimum absolute atomic E-state index is 0.333. The lowest BCUT2D eigenvalue weighted by Crippen LogP contribution is -2.36. The normalized spacial score (nSPS) is 19.9. The van der Waals surface area contributed by atoms with Gasteiger partial charge in [-0.15, -0.1) is 0 Å². The summed E-state index contributed by atoms with van der Waals surface area (Å²) in [7, 11) is 0. The molecule has 6 nitrogen and oxygen atoms in total. The van der Waals surface area contributed by atoms with Crippen LogP contribution in [0.3, 0.4) is 0 Å². The van der Waals surface area contributed by atoms with Crippen LogP contribution in [0, 0.1) is 0 Å². The highest BCUT2D eigenvalue weighted by Gasteiger charge is 2.29. The molecule has 1 aliphatic heterocycles. The van der Waals surface area contributed by atoms with E-state index in [1.54, 1.807) is 0 Å². The van der Waals surface area contributed by atoms with E-state index in [9.17, 15) is 0 Å². The van der Waals surface area contributed by atoms with Crippen LogP contribution in [0.5, 0.6) is 0 Å². The van der Waals surface area contributed by atoms with E-state index < -0.39 is 0 Å². The van der Waals surface area contributed by atoms with Gasteiger partial charge in [-0.2, -0.15) is 4.98 Å². The van der Waals surface area contributed by atoms with Gasteiger partial charge in [-0.05, 0) is 53.7 Å². The lowest BCUT2D eigenvalue weighted by molar-refractivity contribution is 0.00552. The predicted octanol–water partition coefficient (Wildman–Crippen LogP) is 3.53. The molecule has 0 bridgehead atoms. The first-order chi connectivity index (χ1) is 11.8. The van der Waals surface area contributed by atoms with Crippen LogP contribution in [0.2, 0.25) is 0 Å². The molecule has 24 heavy (non-hydrogen) atoms. The van der Waals surface area contributed by atoms with Gasteiger partial charge in [0.15, 0.2) is 10.5 Å². The van der Waals surface area contributed by atoms with Crippen molar-refractivity contribution in [3.63, 3.8) is 0 Å². The Balaban J connectivity index is 1.15. The van der Waals surface area contributed by atoms with Crippen LogP contribution in [0.4, 0.5) is 0 Å². The van der Waals surface area contributed by atoms with E-state index in [-0.39, 0.29) is 0 Å². The number of furan rings is 1. The zero-order valence-corrected chi connectivity index (χ0v) is 15.2. The molecule has 1 saturated carbocycles. The van der Waals surface area contributed by atoms with E-state index in [0.29, 0.717) is 18.6 Å². The van der Waals surface area contributed by atoms with E-state index in [2.05, 4.69) is 31.0 Å². The molecule has 0 N–H and O–H groups in total. The van der Waals surface area contributed by atoms with Gasteiger partial charge < -0.3 is 13.7 Å². The summed E-state index contributed by atoms with van der Waals surface area (Å²) in [6, 6.07) is 3.96. The zero-order chi connectivity index (χ0) is 16.4. The number of hydrogen-bond acceptors (Lipinski definition) is 6. The summed E-state index contributed by atoms with van der Waals surface area (Å²) >= 11 is 3.34. The molecule has 7 heteroatoms. The number of piperidine rings is 1. The summed E-state index contributed by atoms with van der Waals surface area (Å²) in [5.41, 5.74) is 0. The summed E-state index contributed by atoms with van der Waals surface area (Å²) in [5.74, 6) is 3.11. The third kappa shape index (κ3) is 4.26. The third-order valence-corrected chi connectivity index (χ3v) is 5.06. The zero-order valence-electron chi connectivity index (χ0n) is 13.6. The highest BCUT2D eigenvalue weighted by atomic mass is 79.9. The number of ether oxygens (including phenoxy) is 1. The van der Waals surface area contributed by atoms with Crippen molar-refractivity contribution in [1.29, 1.82) is 0 Å². The highest BCUT2D eigenvalue weighted by molar-refractivity contribution is 9.10. The molecule has 0 spiro atoms. The molecule has 0 amide bonds. The molecule has 2 aromatic rings. The standard InChI is InChI=1S/C17H22BrN3O3/c18-15-4-3-14(23-15)11-21-8-5-13(6-9-21)22-10-7-16-19-17(24-20-16)12-1-2-12/h3-4,12-13H,1-2,5-11H2. The lowest BCUT2D eigenvalue weighted by atomic mass is 10.1. The Hall–Kier alpha value is -1.18. The van der Waals surface area contributed by atoms with E-state index >= 15 is 0 Å². The topological polar surface area (TPSA) is 64.5 Å². The van der Waals surface area contributed by atoms with Gasteiger partial charge in [0.2, 0.25) is 5.89 Å². The average Bonchev–Trinajstić information content (AvgIpc) is 3.20. The first kappa shape index (κ1) is 16.3. The van der Waals surface area contributed by atoms with Crippen molar-refractivity contribution in [1.82, 2.24) is 15.0 Å². The first-order valence-corrected chi connectivity index (χ1v) is 9.46. The van der Waals surface area contributed by atoms with Gasteiger partial charge >= 0.3 is 0 Å². The predicted molar refractivity (Wildman–Crippen MR) is 90.6 cm³/mol. The number of halogens is 1. The van der Waals surface area contributed by atoms with Crippen LogP contribution in [0.1, 0.15) is 49.1 Å². The van der Waals surface area contributed by atoms with Gasteiger partial charge in [0.1, 0.15) is 5.76 Å². The van der Waals surface area contributed by atoms with Crippen LogP contribution in [-0.2, 0) is 17.7 Å². The molecule has 1 aliphatic carbocycles. The second kappa shape index (κ2) is 7.37. The molecule has 0 atom stereocenters. The van der Waals surface area contributed by atoms with E-state index in [1.165, 1.54) is 12.8 Å². The fourth-order valence-corrected chi connectivity index (χ4v) is 3.41. The fraction of sp³-hybridized carbons (Fsp3) is 0.647. The lowest BCUT2D eigenvalue weighted by Gasteiger charge is -2.31. The van der Waals surface area contributed by atoms with E-state index in [0.717, 1.165) is 61.0 Å². The molecule has 3 heterocycles. The first-order valence-electron chi connectivity index (χ1n) is 8.67. The van der Waals surface area contributed by atoms with Crippen LogP contribution in [0.15, 0.2) is 25.7 Å². The van der Waals surface area contributed by atoms with Gasteiger partial charge in [0, 0.05) is 25.4 Å². The van der Waals surface area contributed by atoms with Crippen LogP contribution in [-0.4, -0.2) is 40.8 Å². The number of hydrogen-bond donors (Lipinski definition) is 0. The van der Waals surface area contributed by atoms with Crippen molar-refractivity contribution in [2.45, 2.75) is 50.7 Å². The quantitative estimate of drug-likeness (QED) is 0.714. The number of nitrogens with zero attached hydrogens (tertiary/aromatic N) is 3. The maximum absolute atomic E-state index is 6.00. The van der Waals surface area contributed by atoms with Gasteiger partial charge in [-0.25, -0.2) is 0 Å². The molecule has 4 rings (SSSR count). The molecule has 0 radical (unpaired) electrons. The molecule has 0 aromatic carbocycles. The molecule has 130 valence electrons. The average molecular weight is 396 g/mol. The molecule has 2 fully saturated rings. The Morgan fingerprint density at radius 3 is 2.75 bits per heavy atom. The largest absolute Gasteiger partial charge is 0.453 e. The second-order valence-corrected chi connectivity index (χ2v) is 7.41. The van der Waals surface area contributed by atoms with Crippen LogP contribution in [0.25, 0.3) is 0 Å².